The molecule has 0 aromatic carbocycles. The largest absolute Gasteiger partial charge is 0.390 e. The summed E-state index contributed by atoms with van der Waals surface area (Å²) in [5, 5.41) is 10.0. The molecule has 1 N–H and O–H groups in total. The Hall–Kier alpha value is -0.820. The summed E-state index contributed by atoms with van der Waals surface area (Å²) >= 11 is 0. The Morgan fingerprint density at radius 2 is 1.97 bits per heavy atom. The molecule has 5 unspecified atom stereocenters. The Balaban J connectivity index is 1.71. The molecule has 3 rings (SSSR count). The molecule has 1 nitrogen and oxygen atoms in total. The van der Waals surface area contributed by atoms with Crippen LogP contribution in [-0.4, -0.2) is 10.7 Å². The van der Waals surface area contributed by atoms with E-state index in [1.165, 1.54) is 68.9 Å². The van der Waals surface area contributed by atoms with Crippen LogP contribution in [0.3, 0.4) is 0 Å². The normalized spacial score (nSPS) is 38.1. The van der Waals surface area contributed by atoms with Crippen LogP contribution in [0.2, 0.25) is 0 Å². The third kappa shape index (κ3) is 5.32. The number of hydrogen-bond donors (Lipinski definition) is 1. The first kappa shape index (κ1) is 23.8. The highest BCUT2D eigenvalue weighted by Crippen LogP contribution is 2.59. The molecule has 170 valence electrons. The van der Waals surface area contributed by atoms with Gasteiger partial charge in [0.2, 0.25) is 0 Å². The van der Waals surface area contributed by atoms with Crippen molar-refractivity contribution >= 4 is 0 Å². The van der Waals surface area contributed by atoms with Gasteiger partial charge in [-0.1, -0.05) is 51.8 Å². The van der Waals surface area contributed by atoms with Gasteiger partial charge in [0.05, 0.1) is 5.60 Å². The van der Waals surface area contributed by atoms with Gasteiger partial charge in [-0.2, -0.15) is 0 Å². The van der Waals surface area contributed by atoms with E-state index in [1.807, 2.05) is 13.8 Å². The lowest BCUT2D eigenvalue weighted by atomic mass is 9.62. The highest BCUT2D eigenvalue weighted by Gasteiger charge is 2.48. The minimum atomic E-state index is -0.508. The highest BCUT2D eigenvalue weighted by atomic mass is 16.3. The summed E-state index contributed by atoms with van der Waals surface area (Å²) < 4.78 is 0. The average molecular weight is 413 g/mol. The van der Waals surface area contributed by atoms with Crippen LogP contribution in [0.1, 0.15) is 112 Å². The molecule has 3 fully saturated rings. The van der Waals surface area contributed by atoms with E-state index in [9.17, 15) is 5.11 Å². The number of unbranched alkanes of at least 4 members (excludes halogenated alkanes) is 1. The van der Waals surface area contributed by atoms with E-state index in [-0.39, 0.29) is 0 Å². The average Bonchev–Trinajstić information content (AvgIpc) is 2.98. The van der Waals surface area contributed by atoms with Gasteiger partial charge in [0.25, 0.3) is 0 Å². The monoisotopic (exact) mass is 412 g/mol. The first-order valence-electron chi connectivity index (χ1n) is 12.8. The number of rotatable bonds is 6. The lowest BCUT2D eigenvalue weighted by Crippen LogP contribution is -2.33. The fourth-order valence-corrected chi connectivity index (χ4v) is 7.13. The van der Waals surface area contributed by atoms with Crippen LogP contribution in [0.25, 0.3) is 0 Å². The minimum Gasteiger partial charge on any atom is -0.390 e. The first-order valence-corrected chi connectivity index (χ1v) is 12.8. The molecule has 0 bridgehead atoms. The van der Waals surface area contributed by atoms with Crippen molar-refractivity contribution in [1.29, 1.82) is 0 Å². The maximum absolute atomic E-state index is 10.0. The van der Waals surface area contributed by atoms with E-state index in [4.69, 9.17) is 0 Å². The van der Waals surface area contributed by atoms with Crippen molar-refractivity contribution in [3.63, 3.8) is 0 Å². The summed E-state index contributed by atoms with van der Waals surface area (Å²) in [6, 6.07) is 0. The Kier molecular flexibility index (Phi) is 7.43. The quantitative estimate of drug-likeness (QED) is 0.434. The van der Waals surface area contributed by atoms with Gasteiger partial charge in [0.1, 0.15) is 0 Å². The van der Waals surface area contributed by atoms with E-state index in [2.05, 4.69) is 40.3 Å². The van der Waals surface area contributed by atoms with Crippen LogP contribution in [0.4, 0.5) is 0 Å². The van der Waals surface area contributed by atoms with Crippen molar-refractivity contribution in [2.75, 3.05) is 0 Å². The zero-order valence-electron chi connectivity index (χ0n) is 20.8. The topological polar surface area (TPSA) is 20.2 Å². The molecule has 1 heteroatoms. The molecule has 0 saturated heterocycles. The molecule has 0 aromatic heterocycles. The SMILES string of the molecule is C=C1C(=C(C)C=C2CCCC3(C)C(CCCCC(C)(C)O)CCC23)CC(C)CC1C. The Labute approximate surface area is 187 Å². The predicted molar refractivity (Wildman–Crippen MR) is 130 cm³/mol. The zero-order chi connectivity index (χ0) is 22.1. The summed E-state index contributed by atoms with van der Waals surface area (Å²) in [4.78, 5) is 0. The Bertz CT molecular complexity index is 688. The fourth-order valence-electron chi connectivity index (χ4n) is 7.13. The van der Waals surface area contributed by atoms with Crippen molar-refractivity contribution in [3.8, 4) is 0 Å². The second-order valence-corrected chi connectivity index (χ2v) is 12.1. The van der Waals surface area contributed by atoms with Gasteiger partial charge in [-0.15, -0.1) is 0 Å². The van der Waals surface area contributed by atoms with Crippen LogP contribution >= 0.6 is 0 Å². The van der Waals surface area contributed by atoms with Crippen LogP contribution < -0.4 is 0 Å². The summed E-state index contributed by atoms with van der Waals surface area (Å²) in [5.74, 6) is 3.07. The standard InChI is InChI=1S/C29H48O/c1-20-17-21(2)23(4)26(18-20)22(3)19-24-11-10-16-29(7)25(13-14-27(24)29)12-8-9-15-28(5,6)30/h19-21,25,27,30H,4,8-18H2,1-3,5-7H3. The zero-order valence-corrected chi connectivity index (χ0v) is 20.8. The van der Waals surface area contributed by atoms with Gasteiger partial charge in [0, 0.05) is 0 Å². The molecule has 3 aliphatic rings. The Morgan fingerprint density at radius 3 is 2.67 bits per heavy atom. The van der Waals surface area contributed by atoms with E-state index in [0.717, 1.165) is 30.6 Å². The molecule has 3 saturated carbocycles. The number of allylic oxidation sites excluding steroid dienone is 5. The van der Waals surface area contributed by atoms with Gasteiger partial charge in [-0.05, 0) is 124 Å². The smallest absolute Gasteiger partial charge is 0.0591 e. The van der Waals surface area contributed by atoms with Crippen molar-refractivity contribution in [3.05, 3.63) is 34.9 Å². The van der Waals surface area contributed by atoms with Crippen molar-refractivity contribution in [1.82, 2.24) is 0 Å². The maximum atomic E-state index is 10.0. The van der Waals surface area contributed by atoms with Crippen LogP contribution in [-0.2, 0) is 0 Å². The number of aliphatic hydroxyl groups is 1. The van der Waals surface area contributed by atoms with E-state index in [0.29, 0.717) is 11.3 Å². The van der Waals surface area contributed by atoms with Crippen LogP contribution in [0.15, 0.2) is 34.9 Å². The molecule has 0 aliphatic heterocycles. The third-order valence-corrected chi connectivity index (χ3v) is 8.92. The van der Waals surface area contributed by atoms with Gasteiger partial charge in [-0.25, -0.2) is 0 Å². The molecule has 5 atom stereocenters. The number of hydrogen-bond acceptors (Lipinski definition) is 1. The summed E-state index contributed by atoms with van der Waals surface area (Å²) in [5.41, 5.74) is 6.19. The fraction of sp³-hybridized carbons (Fsp3) is 0.793. The minimum absolute atomic E-state index is 0.494. The molecule has 0 spiro atoms. The lowest BCUT2D eigenvalue weighted by molar-refractivity contribution is 0.0660. The molecule has 0 amide bonds. The van der Waals surface area contributed by atoms with Crippen molar-refractivity contribution in [2.24, 2.45) is 29.1 Å². The van der Waals surface area contributed by atoms with Crippen LogP contribution in [0.5, 0.6) is 0 Å². The predicted octanol–water partition coefficient (Wildman–Crippen LogP) is 8.40. The molecular weight excluding hydrogens is 364 g/mol. The van der Waals surface area contributed by atoms with E-state index in [1.54, 1.807) is 11.1 Å². The molecule has 3 aliphatic carbocycles. The van der Waals surface area contributed by atoms with Gasteiger partial charge in [0.15, 0.2) is 0 Å². The second-order valence-electron chi connectivity index (χ2n) is 12.1. The van der Waals surface area contributed by atoms with Crippen molar-refractivity contribution < 1.29 is 5.11 Å². The molecule has 30 heavy (non-hydrogen) atoms. The maximum Gasteiger partial charge on any atom is 0.0591 e. The first-order chi connectivity index (χ1) is 14.0. The molecule has 0 heterocycles. The summed E-state index contributed by atoms with van der Waals surface area (Å²) in [6.45, 7) is 18.1. The molecule has 0 radical (unpaired) electrons. The van der Waals surface area contributed by atoms with Crippen LogP contribution in [0, 0.1) is 29.1 Å². The van der Waals surface area contributed by atoms with Crippen molar-refractivity contribution in [2.45, 2.75) is 118 Å². The van der Waals surface area contributed by atoms with Gasteiger partial charge < -0.3 is 5.11 Å². The number of fused-ring (bicyclic) bond motifs is 1. The summed E-state index contributed by atoms with van der Waals surface area (Å²) in [7, 11) is 0. The van der Waals surface area contributed by atoms with Gasteiger partial charge >= 0.3 is 0 Å². The second kappa shape index (κ2) is 9.35. The lowest BCUT2D eigenvalue weighted by Gasteiger charge is -2.43. The molecule has 0 aromatic rings. The van der Waals surface area contributed by atoms with Gasteiger partial charge in [-0.3, -0.25) is 0 Å². The van der Waals surface area contributed by atoms with E-state index < -0.39 is 5.60 Å². The third-order valence-electron chi connectivity index (χ3n) is 8.92. The summed E-state index contributed by atoms with van der Waals surface area (Å²) in [6.07, 6.45) is 16.7. The molecular formula is C29H48O. The van der Waals surface area contributed by atoms with E-state index >= 15 is 0 Å². The Morgan fingerprint density at radius 1 is 1.23 bits per heavy atom. The highest BCUT2D eigenvalue weighted by molar-refractivity contribution is 5.42.